The SMILES string of the molecule is C=C1CC[C@@H]2O[C@H](c3ccccc3)OC[C@@]2(C)[C@@H]1COCc1ccccc1. The summed E-state index contributed by atoms with van der Waals surface area (Å²) in [7, 11) is 0. The fraction of sp³-hybridized carbons (Fsp3) is 0.417. The second kappa shape index (κ2) is 7.97. The van der Waals surface area contributed by atoms with E-state index in [-0.39, 0.29) is 23.7 Å². The standard InChI is InChI=1S/C24H28O3/c1-18-13-14-22-24(2,17-26-23(27-22)20-11-7-4-8-12-20)21(18)16-25-15-19-9-5-3-6-10-19/h3-12,21-23H,1,13-17H2,2H3/t21-,22+,23-,24+/m1/s1. The number of rotatable bonds is 5. The van der Waals surface area contributed by atoms with Gasteiger partial charge in [0.2, 0.25) is 0 Å². The van der Waals surface area contributed by atoms with Crippen LogP contribution in [-0.4, -0.2) is 19.3 Å². The lowest BCUT2D eigenvalue weighted by Crippen LogP contribution is -2.53. The van der Waals surface area contributed by atoms with Gasteiger partial charge in [-0.15, -0.1) is 0 Å². The normalized spacial score (nSPS) is 30.7. The molecule has 2 aromatic carbocycles. The van der Waals surface area contributed by atoms with E-state index in [1.807, 2.05) is 36.4 Å². The first-order chi connectivity index (χ1) is 13.2. The third kappa shape index (κ3) is 3.86. The molecule has 4 rings (SSSR count). The summed E-state index contributed by atoms with van der Waals surface area (Å²) in [5.41, 5.74) is 3.44. The quantitative estimate of drug-likeness (QED) is 0.675. The molecule has 1 saturated heterocycles. The van der Waals surface area contributed by atoms with Crippen LogP contribution in [0, 0.1) is 11.3 Å². The van der Waals surface area contributed by atoms with Crippen molar-refractivity contribution < 1.29 is 14.2 Å². The Morgan fingerprint density at radius 3 is 2.52 bits per heavy atom. The van der Waals surface area contributed by atoms with Crippen molar-refractivity contribution in [1.29, 1.82) is 0 Å². The lowest BCUT2D eigenvalue weighted by Gasteiger charge is -2.52. The molecule has 1 heterocycles. The molecule has 2 fully saturated rings. The number of hydrogen-bond donors (Lipinski definition) is 0. The largest absolute Gasteiger partial charge is 0.376 e. The molecule has 1 saturated carbocycles. The van der Waals surface area contributed by atoms with E-state index in [0.717, 1.165) is 18.4 Å². The highest BCUT2D eigenvalue weighted by molar-refractivity contribution is 5.19. The van der Waals surface area contributed by atoms with Gasteiger partial charge in [0, 0.05) is 16.9 Å². The van der Waals surface area contributed by atoms with Gasteiger partial charge in [-0.25, -0.2) is 0 Å². The van der Waals surface area contributed by atoms with Gasteiger partial charge in [-0.05, 0) is 18.4 Å². The first-order valence-electron chi connectivity index (χ1n) is 9.78. The summed E-state index contributed by atoms with van der Waals surface area (Å²) in [4.78, 5) is 0. The van der Waals surface area contributed by atoms with Crippen LogP contribution in [0.5, 0.6) is 0 Å². The molecule has 1 aliphatic carbocycles. The topological polar surface area (TPSA) is 27.7 Å². The summed E-state index contributed by atoms with van der Waals surface area (Å²) in [6.45, 7) is 8.55. The maximum Gasteiger partial charge on any atom is 0.184 e. The molecular weight excluding hydrogens is 336 g/mol. The maximum absolute atomic E-state index is 6.40. The van der Waals surface area contributed by atoms with E-state index in [2.05, 4.69) is 37.8 Å². The Morgan fingerprint density at radius 1 is 1.07 bits per heavy atom. The molecule has 2 aromatic rings. The van der Waals surface area contributed by atoms with E-state index in [9.17, 15) is 0 Å². The smallest absolute Gasteiger partial charge is 0.184 e. The summed E-state index contributed by atoms with van der Waals surface area (Å²) < 4.78 is 18.6. The molecule has 0 N–H and O–H groups in total. The van der Waals surface area contributed by atoms with Gasteiger partial charge in [-0.2, -0.15) is 0 Å². The number of fused-ring (bicyclic) bond motifs is 1. The number of hydrogen-bond acceptors (Lipinski definition) is 3. The Balaban J connectivity index is 1.43. The van der Waals surface area contributed by atoms with Crippen molar-refractivity contribution in [3.05, 3.63) is 83.9 Å². The molecule has 0 spiro atoms. The highest BCUT2D eigenvalue weighted by Crippen LogP contribution is 2.50. The zero-order valence-electron chi connectivity index (χ0n) is 16.0. The third-order valence-corrected chi connectivity index (χ3v) is 6.05. The van der Waals surface area contributed by atoms with Gasteiger partial charge in [0.05, 0.1) is 25.9 Å². The van der Waals surface area contributed by atoms with E-state index in [1.165, 1.54) is 11.1 Å². The highest BCUT2D eigenvalue weighted by atomic mass is 16.7. The lowest BCUT2D eigenvalue weighted by atomic mass is 9.64. The molecule has 0 aromatic heterocycles. The van der Waals surface area contributed by atoms with E-state index in [1.54, 1.807) is 0 Å². The highest BCUT2D eigenvalue weighted by Gasteiger charge is 2.50. The van der Waals surface area contributed by atoms with E-state index >= 15 is 0 Å². The van der Waals surface area contributed by atoms with Crippen LogP contribution in [0.2, 0.25) is 0 Å². The molecule has 0 bridgehead atoms. The van der Waals surface area contributed by atoms with Gasteiger partial charge in [-0.3, -0.25) is 0 Å². The molecule has 3 heteroatoms. The predicted molar refractivity (Wildman–Crippen MR) is 106 cm³/mol. The Kier molecular flexibility index (Phi) is 5.44. The van der Waals surface area contributed by atoms with Crippen LogP contribution in [0.15, 0.2) is 72.8 Å². The molecule has 3 nitrogen and oxygen atoms in total. The van der Waals surface area contributed by atoms with Gasteiger partial charge in [0.1, 0.15) is 0 Å². The summed E-state index contributed by atoms with van der Waals surface area (Å²) >= 11 is 0. The minimum Gasteiger partial charge on any atom is -0.376 e. The fourth-order valence-electron chi connectivity index (χ4n) is 4.33. The minimum absolute atomic E-state index is 0.0999. The van der Waals surface area contributed by atoms with Crippen molar-refractivity contribution in [3.8, 4) is 0 Å². The van der Waals surface area contributed by atoms with Gasteiger partial charge in [0.25, 0.3) is 0 Å². The van der Waals surface area contributed by atoms with Crippen molar-refractivity contribution in [3.63, 3.8) is 0 Å². The van der Waals surface area contributed by atoms with Gasteiger partial charge >= 0.3 is 0 Å². The predicted octanol–water partition coefficient (Wildman–Crippen LogP) is 5.29. The number of benzene rings is 2. The van der Waals surface area contributed by atoms with Crippen molar-refractivity contribution in [1.82, 2.24) is 0 Å². The molecule has 27 heavy (non-hydrogen) atoms. The van der Waals surface area contributed by atoms with Crippen molar-refractivity contribution >= 4 is 0 Å². The zero-order chi connectivity index (χ0) is 18.7. The van der Waals surface area contributed by atoms with Crippen LogP contribution in [0.3, 0.4) is 0 Å². The molecule has 0 amide bonds. The molecule has 2 aliphatic rings. The van der Waals surface area contributed by atoms with Gasteiger partial charge in [0.15, 0.2) is 6.29 Å². The molecule has 4 atom stereocenters. The summed E-state index contributed by atoms with van der Waals surface area (Å²) in [5, 5.41) is 0. The van der Waals surface area contributed by atoms with Crippen LogP contribution in [0.4, 0.5) is 0 Å². The lowest BCUT2D eigenvalue weighted by molar-refractivity contribution is -0.286. The molecule has 0 radical (unpaired) electrons. The third-order valence-electron chi connectivity index (χ3n) is 6.05. The molecular formula is C24H28O3. The molecule has 1 aliphatic heterocycles. The second-order valence-electron chi connectivity index (χ2n) is 7.93. The average molecular weight is 364 g/mol. The van der Waals surface area contributed by atoms with Crippen LogP contribution < -0.4 is 0 Å². The van der Waals surface area contributed by atoms with Gasteiger partial charge in [-0.1, -0.05) is 79.7 Å². The van der Waals surface area contributed by atoms with E-state index in [4.69, 9.17) is 14.2 Å². The van der Waals surface area contributed by atoms with Crippen molar-refractivity contribution in [2.45, 2.75) is 38.8 Å². The van der Waals surface area contributed by atoms with Crippen LogP contribution in [0.1, 0.15) is 37.2 Å². The Bertz CT molecular complexity index is 758. The van der Waals surface area contributed by atoms with Crippen molar-refractivity contribution in [2.24, 2.45) is 11.3 Å². The monoisotopic (exact) mass is 364 g/mol. The van der Waals surface area contributed by atoms with Gasteiger partial charge < -0.3 is 14.2 Å². The summed E-state index contributed by atoms with van der Waals surface area (Å²) in [6, 6.07) is 20.5. The van der Waals surface area contributed by atoms with E-state index in [0.29, 0.717) is 19.8 Å². The summed E-state index contributed by atoms with van der Waals surface area (Å²) in [6.07, 6.45) is 1.87. The Hall–Kier alpha value is -1.94. The zero-order valence-corrected chi connectivity index (χ0v) is 16.0. The number of ether oxygens (including phenoxy) is 3. The molecule has 0 unspecified atom stereocenters. The van der Waals surface area contributed by atoms with E-state index < -0.39 is 0 Å². The average Bonchev–Trinajstić information content (AvgIpc) is 2.71. The Labute approximate surface area is 162 Å². The minimum atomic E-state index is -0.276. The van der Waals surface area contributed by atoms with Crippen LogP contribution in [-0.2, 0) is 20.8 Å². The van der Waals surface area contributed by atoms with Crippen molar-refractivity contribution in [2.75, 3.05) is 13.2 Å². The first kappa shape index (κ1) is 18.4. The van der Waals surface area contributed by atoms with Crippen LogP contribution in [0.25, 0.3) is 0 Å². The maximum atomic E-state index is 6.40. The summed E-state index contributed by atoms with van der Waals surface area (Å²) in [5.74, 6) is 0.247. The second-order valence-corrected chi connectivity index (χ2v) is 7.93. The first-order valence-corrected chi connectivity index (χ1v) is 9.78. The fourth-order valence-corrected chi connectivity index (χ4v) is 4.33. The Morgan fingerprint density at radius 2 is 1.78 bits per heavy atom. The molecule has 142 valence electrons. The van der Waals surface area contributed by atoms with Crippen LogP contribution >= 0.6 is 0 Å².